The Balaban J connectivity index is 3.19. The summed E-state index contributed by atoms with van der Waals surface area (Å²) in [4.78, 5) is 10.3. The Morgan fingerprint density at radius 3 is 2.00 bits per heavy atom. The third kappa shape index (κ3) is 1.61. The van der Waals surface area contributed by atoms with Gasteiger partial charge in [0.1, 0.15) is 6.07 Å². The van der Waals surface area contributed by atoms with Crippen molar-refractivity contribution in [3.63, 3.8) is 0 Å². The van der Waals surface area contributed by atoms with Crippen molar-refractivity contribution < 1.29 is 20.1 Å². The third-order valence-corrected chi connectivity index (χ3v) is 1.18. The van der Waals surface area contributed by atoms with Gasteiger partial charge in [0, 0.05) is 12.1 Å². The molecule has 0 saturated heterocycles. The van der Waals surface area contributed by atoms with Crippen LogP contribution in [0.4, 0.5) is 0 Å². The molecule has 0 unspecified atom stereocenters. The van der Waals surface area contributed by atoms with E-state index in [1.54, 1.807) is 0 Å². The minimum atomic E-state index is -1.10. The highest BCUT2D eigenvalue weighted by Gasteiger charge is 2.09. The SMILES string of the molecule is O=C(O)c1cc([OH2+])cc([OH2+])c1. The number of carbonyl (C=O) groups is 1. The zero-order chi connectivity index (χ0) is 8.43. The minimum absolute atomic E-state index is 0.0116. The van der Waals surface area contributed by atoms with Gasteiger partial charge in [-0.25, -0.2) is 4.79 Å². The smallest absolute Gasteiger partial charge is 0.336 e. The first kappa shape index (κ1) is 7.40. The fourth-order valence-electron chi connectivity index (χ4n) is 0.751. The van der Waals surface area contributed by atoms with Crippen LogP contribution in [0.15, 0.2) is 18.2 Å². The van der Waals surface area contributed by atoms with E-state index in [0.717, 1.165) is 0 Å². The number of carboxylic acid groups (broad SMARTS) is 1. The zero-order valence-electron chi connectivity index (χ0n) is 5.59. The molecule has 4 nitrogen and oxygen atoms in total. The molecule has 1 rings (SSSR count). The predicted molar refractivity (Wildman–Crippen MR) is 39.5 cm³/mol. The predicted octanol–water partition coefficient (Wildman–Crippen LogP) is 0.261. The first-order valence-corrected chi connectivity index (χ1v) is 2.91. The van der Waals surface area contributed by atoms with Gasteiger partial charge in [0.2, 0.25) is 0 Å². The van der Waals surface area contributed by atoms with Crippen molar-refractivity contribution in [1.29, 1.82) is 0 Å². The molecular formula is C7H8O4+2. The first-order valence-electron chi connectivity index (χ1n) is 2.91. The monoisotopic (exact) mass is 156 g/mol. The third-order valence-electron chi connectivity index (χ3n) is 1.18. The van der Waals surface area contributed by atoms with Crippen molar-refractivity contribution in [2.75, 3.05) is 0 Å². The van der Waals surface area contributed by atoms with Gasteiger partial charge in [-0.3, -0.25) is 0 Å². The first-order chi connectivity index (χ1) is 5.09. The standard InChI is InChI=1S/C7H6O4/c8-5-1-4(7(10)11)2-6(9)3-5/h1-3,8-9H,(H,10,11)/p+2. The summed E-state index contributed by atoms with van der Waals surface area (Å²) < 4.78 is 0. The Hall–Kier alpha value is -1.71. The van der Waals surface area contributed by atoms with Gasteiger partial charge in [-0.1, -0.05) is 0 Å². The molecule has 0 heterocycles. The quantitative estimate of drug-likeness (QED) is 0.591. The van der Waals surface area contributed by atoms with E-state index < -0.39 is 5.97 Å². The topological polar surface area (TPSA) is 83.1 Å². The lowest BCUT2D eigenvalue weighted by Crippen LogP contribution is -1.94. The molecule has 0 bridgehead atoms. The lowest BCUT2D eigenvalue weighted by Gasteiger charge is -1.92. The van der Waals surface area contributed by atoms with Gasteiger partial charge in [-0.15, -0.1) is 0 Å². The van der Waals surface area contributed by atoms with Crippen LogP contribution in [0.5, 0.6) is 11.5 Å². The van der Waals surface area contributed by atoms with Crippen LogP contribution in [0.1, 0.15) is 10.4 Å². The van der Waals surface area contributed by atoms with Crippen molar-refractivity contribution >= 4 is 5.97 Å². The molecule has 11 heavy (non-hydrogen) atoms. The van der Waals surface area contributed by atoms with Crippen molar-refractivity contribution in [2.45, 2.75) is 0 Å². The number of benzene rings is 1. The van der Waals surface area contributed by atoms with E-state index in [-0.39, 0.29) is 17.1 Å². The highest BCUT2D eigenvalue weighted by molar-refractivity contribution is 5.88. The highest BCUT2D eigenvalue weighted by atomic mass is 16.4. The fourth-order valence-corrected chi connectivity index (χ4v) is 0.751. The average molecular weight is 156 g/mol. The molecule has 0 aliphatic rings. The van der Waals surface area contributed by atoms with E-state index in [4.69, 9.17) is 15.3 Å². The van der Waals surface area contributed by atoms with Crippen LogP contribution >= 0.6 is 0 Å². The van der Waals surface area contributed by atoms with Crippen molar-refractivity contribution in [3.05, 3.63) is 23.8 Å². The molecule has 0 atom stereocenters. The Kier molecular flexibility index (Phi) is 1.68. The van der Waals surface area contributed by atoms with Crippen LogP contribution < -0.4 is 0 Å². The number of aromatic carboxylic acids is 1. The van der Waals surface area contributed by atoms with Gasteiger partial charge in [0.25, 0.3) is 11.5 Å². The maximum atomic E-state index is 10.3. The Morgan fingerprint density at radius 1 is 1.18 bits per heavy atom. The molecule has 1 aromatic carbocycles. The summed E-state index contributed by atoms with van der Waals surface area (Å²) in [7, 11) is 0. The van der Waals surface area contributed by atoms with Gasteiger partial charge < -0.3 is 15.3 Å². The number of carboxylic acids is 1. The summed E-state index contributed by atoms with van der Waals surface area (Å²) in [6.45, 7) is 0. The lowest BCUT2D eigenvalue weighted by molar-refractivity contribution is 0.0696. The van der Waals surface area contributed by atoms with Gasteiger partial charge in [-0.2, -0.15) is 0 Å². The van der Waals surface area contributed by atoms with Crippen LogP contribution in [-0.2, 0) is 0 Å². The Bertz CT molecular complexity index is 272. The number of hydrogen-bond acceptors (Lipinski definition) is 1. The second-order valence-corrected chi connectivity index (χ2v) is 2.10. The van der Waals surface area contributed by atoms with E-state index in [0.29, 0.717) is 0 Å². The molecule has 0 radical (unpaired) electrons. The van der Waals surface area contributed by atoms with Crippen LogP contribution in [0.2, 0.25) is 0 Å². The molecule has 4 heteroatoms. The normalized spacial score (nSPS) is 9.45. The van der Waals surface area contributed by atoms with Crippen LogP contribution in [0.3, 0.4) is 0 Å². The highest BCUT2D eigenvalue weighted by Crippen LogP contribution is 2.19. The van der Waals surface area contributed by atoms with E-state index in [2.05, 4.69) is 0 Å². The summed E-state index contributed by atoms with van der Waals surface area (Å²) >= 11 is 0. The maximum Gasteiger partial charge on any atom is 0.336 e. The molecule has 0 spiro atoms. The summed E-state index contributed by atoms with van der Waals surface area (Å²) in [6.07, 6.45) is 0. The molecule has 1 aromatic rings. The molecule has 0 aliphatic carbocycles. The molecule has 58 valence electrons. The van der Waals surface area contributed by atoms with Crippen LogP contribution in [-0.4, -0.2) is 21.3 Å². The van der Waals surface area contributed by atoms with E-state index in [1.807, 2.05) is 0 Å². The van der Waals surface area contributed by atoms with E-state index >= 15 is 0 Å². The molecule has 5 N–H and O–H groups in total. The number of hydrogen-bond donors (Lipinski definition) is 1. The van der Waals surface area contributed by atoms with Crippen LogP contribution in [0.25, 0.3) is 0 Å². The molecule has 0 aliphatic heterocycles. The summed E-state index contributed by atoms with van der Waals surface area (Å²) in [5.74, 6) is -1.00. The lowest BCUT2D eigenvalue weighted by atomic mass is 10.2. The van der Waals surface area contributed by atoms with E-state index in [9.17, 15) is 4.79 Å². The minimum Gasteiger partial charge on any atom is -0.593 e. The van der Waals surface area contributed by atoms with Gasteiger partial charge in [0.05, 0.1) is 5.56 Å². The molecular weight excluding hydrogens is 148 g/mol. The summed E-state index contributed by atoms with van der Waals surface area (Å²) in [5, 5.41) is 22.6. The Morgan fingerprint density at radius 2 is 1.64 bits per heavy atom. The van der Waals surface area contributed by atoms with Gasteiger partial charge >= 0.3 is 5.97 Å². The molecule has 0 saturated carbocycles. The average Bonchev–Trinajstić information content (AvgIpc) is 1.85. The van der Waals surface area contributed by atoms with Crippen molar-refractivity contribution in [3.8, 4) is 11.5 Å². The molecule has 0 amide bonds. The molecule has 0 fully saturated rings. The van der Waals surface area contributed by atoms with Crippen molar-refractivity contribution in [1.82, 2.24) is 0 Å². The van der Waals surface area contributed by atoms with Gasteiger partial charge in [-0.05, 0) is 0 Å². The number of rotatable bonds is 1. The second-order valence-electron chi connectivity index (χ2n) is 2.10. The maximum absolute atomic E-state index is 10.3. The largest absolute Gasteiger partial charge is 0.593 e. The summed E-state index contributed by atoms with van der Waals surface area (Å²) in [6, 6.07) is 3.70. The van der Waals surface area contributed by atoms with Crippen molar-refractivity contribution in [2.24, 2.45) is 0 Å². The van der Waals surface area contributed by atoms with Crippen LogP contribution in [0, 0.1) is 0 Å². The fraction of sp³-hybridized carbons (Fsp3) is 0. The van der Waals surface area contributed by atoms with E-state index in [1.165, 1.54) is 18.2 Å². The summed E-state index contributed by atoms with van der Waals surface area (Å²) in [5.41, 5.74) is -0.0116. The van der Waals surface area contributed by atoms with Gasteiger partial charge in [0.15, 0.2) is 0 Å². The molecule has 0 aromatic heterocycles. The second kappa shape index (κ2) is 2.49. The zero-order valence-corrected chi connectivity index (χ0v) is 5.59. The Labute approximate surface area is 62.3 Å².